The van der Waals surface area contributed by atoms with E-state index < -0.39 is 0 Å². The number of rotatable bonds is 7. The molecule has 0 radical (unpaired) electrons. The molecule has 1 aromatic heterocycles. The van der Waals surface area contributed by atoms with Gasteiger partial charge in [-0.2, -0.15) is 5.10 Å². The normalized spacial score (nSPS) is 13.2. The first kappa shape index (κ1) is 22.8. The second-order valence-corrected chi connectivity index (χ2v) is 7.76. The average molecular weight is 463 g/mol. The quantitative estimate of drug-likeness (QED) is 0.491. The molecule has 4 rings (SSSR count). The van der Waals surface area contributed by atoms with Gasteiger partial charge in [-0.3, -0.25) is 9.59 Å². The summed E-state index contributed by atoms with van der Waals surface area (Å²) in [7, 11) is 1.62. The maximum absolute atomic E-state index is 12.5. The first-order valence-electron chi connectivity index (χ1n) is 10.9. The standard InChI is InChI=1S/C24H26N6O4/c1-34-21-8-6-20(7-9-21)30-12-10-19(28-30)15-27-24(33)26-14-17-2-4-18(5-3-17)23(32)29-13-11-25-22(31)16-29/h2-10,12H,11,13-16H2,1H3,(H,25,31)(H2,26,27,33). The number of methoxy groups -OCH3 is 1. The average Bonchev–Trinajstić information content (AvgIpc) is 3.35. The summed E-state index contributed by atoms with van der Waals surface area (Å²) in [4.78, 5) is 37.7. The Morgan fingerprint density at radius 2 is 1.76 bits per heavy atom. The second-order valence-electron chi connectivity index (χ2n) is 7.76. The Labute approximate surface area is 196 Å². The number of carbonyl (C=O) groups is 3. The molecule has 2 heterocycles. The molecule has 10 nitrogen and oxygen atoms in total. The topological polar surface area (TPSA) is 118 Å². The van der Waals surface area contributed by atoms with Gasteiger partial charge in [0, 0.05) is 31.4 Å². The number of ether oxygens (including phenoxy) is 1. The molecule has 2 aromatic carbocycles. The molecular formula is C24H26N6O4. The van der Waals surface area contributed by atoms with E-state index in [9.17, 15) is 14.4 Å². The maximum Gasteiger partial charge on any atom is 0.315 e. The van der Waals surface area contributed by atoms with E-state index >= 15 is 0 Å². The molecule has 4 amide bonds. The number of piperazine rings is 1. The predicted molar refractivity (Wildman–Crippen MR) is 125 cm³/mol. The number of aromatic nitrogens is 2. The van der Waals surface area contributed by atoms with Gasteiger partial charge >= 0.3 is 6.03 Å². The highest BCUT2D eigenvalue weighted by Gasteiger charge is 2.22. The van der Waals surface area contributed by atoms with Crippen molar-refractivity contribution in [3.05, 3.63) is 77.6 Å². The minimum Gasteiger partial charge on any atom is -0.497 e. The summed E-state index contributed by atoms with van der Waals surface area (Å²) in [6.07, 6.45) is 1.83. The number of nitrogens with one attached hydrogen (secondary N) is 3. The monoisotopic (exact) mass is 462 g/mol. The van der Waals surface area contributed by atoms with Crippen molar-refractivity contribution in [1.29, 1.82) is 0 Å². The molecule has 0 atom stereocenters. The van der Waals surface area contributed by atoms with E-state index in [0.29, 0.717) is 25.2 Å². The minimum absolute atomic E-state index is 0.0701. The lowest BCUT2D eigenvalue weighted by atomic mass is 10.1. The zero-order chi connectivity index (χ0) is 23.9. The van der Waals surface area contributed by atoms with Crippen molar-refractivity contribution in [2.45, 2.75) is 13.1 Å². The van der Waals surface area contributed by atoms with Gasteiger partial charge in [-0.25, -0.2) is 9.48 Å². The molecule has 10 heteroatoms. The third-order valence-electron chi connectivity index (χ3n) is 5.39. The summed E-state index contributed by atoms with van der Waals surface area (Å²) < 4.78 is 6.89. The van der Waals surface area contributed by atoms with Gasteiger partial charge < -0.3 is 25.6 Å². The van der Waals surface area contributed by atoms with E-state index in [1.807, 2.05) is 36.5 Å². The fraction of sp³-hybridized carbons (Fsp3) is 0.250. The van der Waals surface area contributed by atoms with Crippen LogP contribution in [0.4, 0.5) is 4.79 Å². The number of urea groups is 1. The smallest absolute Gasteiger partial charge is 0.315 e. The van der Waals surface area contributed by atoms with Crippen LogP contribution in [0.5, 0.6) is 5.75 Å². The highest BCUT2D eigenvalue weighted by Crippen LogP contribution is 2.14. The number of carbonyl (C=O) groups excluding carboxylic acids is 3. The van der Waals surface area contributed by atoms with E-state index in [0.717, 1.165) is 22.7 Å². The summed E-state index contributed by atoms with van der Waals surface area (Å²) >= 11 is 0. The molecule has 176 valence electrons. The number of hydrogen-bond donors (Lipinski definition) is 3. The third-order valence-corrected chi connectivity index (χ3v) is 5.39. The van der Waals surface area contributed by atoms with E-state index in [4.69, 9.17) is 4.74 Å². The molecule has 1 fully saturated rings. The number of hydrogen-bond acceptors (Lipinski definition) is 5. The van der Waals surface area contributed by atoms with Gasteiger partial charge in [0.05, 0.1) is 31.6 Å². The lowest BCUT2D eigenvalue weighted by molar-refractivity contribution is -0.123. The van der Waals surface area contributed by atoms with E-state index in [-0.39, 0.29) is 30.9 Å². The van der Waals surface area contributed by atoms with Gasteiger partial charge in [0.15, 0.2) is 0 Å². The molecule has 3 aromatic rings. The number of benzene rings is 2. The SMILES string of the molecule is COc1ccc(-n2ccc(CNC(=O)NCc3ccc(C(=O)N4CCNC(=O)C4)cc3)n2)cc1. The van der Waals surface area contributed by atoms with Gasteiger partial charge in [0.1, 0.15) is 5.75 Å². The van der Waals surface area contributed by atoms with Crippen molar-refractivity contribution >= 4 is 17.8 Å². The molecule has 0 spiro atoms. The Morgan fingerprint density at radius 3 is 2.47 bits per heavy atom. The summed E-state index contributed by atoms with van der Waals surface area (Å²) in [6, 6.07) is 16.0. The Kier molecular flexibility index (Phi) is 7.07. The summed E-state index contributed by atoms with van der Waals surface area (Å²) in [5.74, 6) is 0.437. The van der Waals surface area contributed by atoms with E-state index in [2.05, 4.69) is 21.0 Å². The van der Waals surface area contributed by atoms with Crippen LogP contribution in [-0.4, -0.2) is 59.3 Å². The van der Waals surface area contributed by atoms with Crippen molar-refractivity contribution in [2.75, 3.05) is 26.7 Å². The lowest BCUT2D eigenvalue weighted by Gasteiger charge is -2.26. The molecule has 0 saturated carbocycles. The zero-order valence-electron chi connectivity index (χ0n) is 18.8. The Hall–Kier alpha value is -4.34. The number of amides is 4. The molecule has 0 unspecified atom stereocenters. The highest BCUT2D eigenvalue weighted by molar-refractivity contribution is 5.97. The fourth-order valence-corrected chi connectivity index (χ4v) is 3.51. The molecule has 34 heavy (non-hydrogen) atoms. The van der Waals surface area contributed by atoms with Crippen LogP contribution in [0.1, 0.15) is 21.6 Å². The van der Waals surface area contributed by atoms with Crippen LogP contribution >= 0.6 is 0 Å². The van der Waals surface area contributed by atoms with E-state index in [1.54, 1.807) is 36.1 Å². The fourth-order valence-electron chi connectivity index (χ4n) is 3.51. The largest absolute Gasteiger partial charge is 0.497 e. The van der Waals surface area contributed by atoms with Gasteiger partial charge in [-0.15, -0.1) is 0 Å². The summed E-state index contributed by atoms with van der Waals surface area (Å²) in [5, 5.41) is 12.7. The Morgan fingerprint density at radius 1 is 1.03 bits per heavy atom. The van der Waals surface area contributed by atoms with Crippen molar-refractivity contribution in [2.24, 2.45) is 0 Å². The van der Waals surface area contributed by atoms with Crippen LogP contribution in [0.15, 0.2) is 60.8 Å². The van der Waals surface area contributed by atoms with Crippen LogP contribution in [-0.2, 0) is 17.9 Å². The third kappa shape index (κ3) is 5.71. The number of nitrogens with zero attached hydrogens (tertiary/aromatic N) is 3. The van der Waals surface area contributed by atoms with Gasteiger partial charge in [-0.1, -0.05) is 12.1 Å². The van der Waals surface area contributed by atoms with Crippen molar-refractivity contribution in [3.8, 4) is 11.4 Å². The van der Waals surface area contributed by atoms with Crippen LogP contribution in [0, 0.1) is 0 Å². The van der Waals surface area contributed by atoms with Crippen LogP contribution in [0.3, 0.4) is 0 Å². The molecule has 0 bridgehead atoms. The van der Waals surface area contributed by atoms with Crippen molar-refractivity contribution in [1.82, 2.24) is 30.6 Å². The predicted octanol–water partition coefficient (Wildman–Crippen LogP) is 1.45. The first-order valence-corrected chi connectivity index (χ1v) is 10.9. The molecule has 1 aliphatic rings. The molecular weight excluding hydrogens is 436 g/mol. The van der Waals surface area contributed by atoms with Crippen LogP contribution < -0.4 is 20.7 Å². The zero-order valence-corrected chi connectivity index (χ0v) is 18.8. The second kappa shape index (κ2) is 10.5. The maximum atomic E-state index is 12.5. The minimum atomic E-state index is -0.321. The molecule has 1 aliphatic heterocycles. The Bertz CT molecular complexity index is 1160. The molecule has 3 N–H and O–H groups in total. The summed E-state index contributed by atoms with van der Waals surface area (Å²) in [5.41, 5.74) is 2.98. The van der Waals surface area contributed by atoms with Crippen molar-refractivity contribution in [3.63, 3.8) is 0 Å². The van der Waals surface area contributed by atoms with Crippen molar-refractivity contribution < 1.29 is 19.1 Å². The lowest BCUT2D eigenvalue weighted by Crippen LogP contribution is -2.49. The van der Waals surface area contributed by atoms with Gasteiger partial charge in [0.2, 0.25) is 5.91 Å². The molecule has 0 aliphatic carbocycles. The van der Waals surface area contributed by atoms with Gasteiger partial charge in [-0.05, 0) is 48.0 Å². The van der Waals surface area contributed by atoms with Gasteiger partial charge in [0.25, 0.3) is 5.91 Å². The highest BCUT2D eigenvalue weighted by atomic mass is 16.5. The van der Waals surface area contributed by atoms with Crippen LogP contribution in [0.2, 0.25) is 0 Å². The molecule has 1 saturated heterocycles. The Balaban J connectivity index is 1.23. The van der Waals surface area contributed by atoms with Crippen LogP contribution in [0.25, 0.3) is 5.69 Å². The first-order chi connectivity index (χ1) is 16.5. The van der Waals surface area contributed by atoms with E-state index in [1.165, 1.54) is 4.90 Å². The summed E-state index contributed by atoms with van der Waals surface area (Å²) in [6.45, 7) is 1.62.